The fourth-order valence-electron chi connectivity index (χ4n) is 1.63. The van der Waals surface area contributed by atoms with Crippen LogP contribution in [0, 0.1) is 11.3 Å². The molecule has 5 nitrogen and oxygen atoms in total. The predicted octanol–water partition coefficient (Wildman–Crippen LogP) is 3.54. The third kappa shape index (κ3) is 4.16. The summed E-state index contributed by atoms with van der Waals surface area (Å²) in [5.41, 5.74) is -0.468. The number of nitrogens with one attached hydrogen (secondary N) is 1. The van der Waals surface area contributed by atoms with E-state index in [1.807, 2.05) is 0 Å². The first kappa shape index (κ1) is 15.8. The minimum Gasteiger partial charge on any atom is -0.508 e. The summed E-state index contributed by atoms with van der Waals surface area (Å²) >= 11 is 0. The third-order valence-electron chi connectivity index (χ3n) is 2.59. The molecule has 0 aliphatic carbocycles. The van der Waals surface area contributed by atoms with E-state index in [0.717, 1.165) is 0 Å². The number of rotatable bonds is 2. The highest BCUT2D eigenvalue weighted by molar-refractivity contribution is 5.86. The highest BCUT2D eigenvalue weighted by atomic mass is 16.6. The Hall–Kier alpha value is -2.22. The second-order valence-corrected chi connectivity index (χ2v) is 6.09. The second kappa shape index (κ2) is 5.41. The van der Waals surface area contributed by atoms with Crippen molar-refractivity contribution in [1.29, 1.82) is 5.26 Å². The molecule has 2 N–H and O–H groups in total. The first-order valence-electron chi connectivity index (χ1n) is 6.30. The maximum absolute atomic E-state index is 11.8. The molecule has 0 atom stereocenters. The number of amides is 1. The van der Waals surface area contributed by atoms with Crippen molar-refractivity contribution in [3.05, 3.63) is 23.8 Å². The number of hydrogen-bond donors (Lipinski definition) is 2. The zero-order valence-corrected chi connectivity index (χ0v) is 12.4. The van der Waals surface area contributed by atoms with Gasteiger partial charge in [-0.15, -0.1) is 0 Å². The molecule has 0 spiro atoms. The molecule has 0 unspecified atom stereocenters. The van der Waals surface area contributed by atoms with Crippen LogP contribution in [0.3, 0.4) is 0 Å². The van der Waals surface area contributed by atoms with Crippen LogP contribution in [0.25, 0.3) is 0 Å². The summed E-state index contributed by atoms with van der Waals surface area (Å²) in [6.45, 7) is 8.72. The van der Waals surface area contributed by atoms with Crippen LogP contribution in [-0.4, -0.2) is 16.8 Å². The summed E-state index contributed by atoms with van der Waals surface area (Å²) in [5, 5.41) is 21.4. The Kier molecular flexibility index (Phi) is 4.29. The normalized spacial score (nSPS) is 11.6. The van der Waals surface area contributed by atoms with Crippen molar-refractivity contribution >= 4 is 11.8 Å². The molecule has 1 rings (SSSR count). The zero-order valence-electron chi connectivity index (χ0n) is 12.4. The van der Waals surface area contributed by atoms with Crippen molar-refractivity contribution in [2.24, 2.45) is 0 Å². The van der Waals surface area contributed by atoms with Gasteiger partial charge >= 0.3 is 6.09 Å². The second-order valence-electron chi connectivity index (χ2n) is 6.09. The fourth-order valence-corrected chi connectivity index (χ4v) is 1.63. The molecule has 0 saturated heterocycles. The predicted molar refractivity (Wildman–Crippen MR) is 76.6 cm³/mol. The Morgan fingerprint density at radius 1 is 1.30 bits per heavy atom. The van der Waals surface area contributed by atoms with Gasteiger partial charge in [0.25, 0.3) is 0 Å². The summed E-state index contributed by atoms with van der Waals surface area (Å²) in [6, 6.07) is 6.61. The number of anilines is 1. The fraction of sp³-hybridized carbons (Fsp3) is 0.467. The Balaban J connectivity index is 3.08. The lowest BCUT2D eigenvalue weighted by atomic mass is 9.85. The average molecular weight is 276 g/mol. The third-order valence-corrected chi connectivity index (χ3v) is 2.59. The number of hydrogen-bond acceptors (Lipinski definition) is 4. The largest absolute Gasteiger partial charge is 0.508 e. The van der Waals surface area contributed by atoms with Crippen LogP contribution in [0.4, 0.5) is 10.5 Å². The van der Waals surface area contributed by atoms with Gasteiger partial charge in [-0.05, 0) is 58.4 Å². The van der Waals surface area contributed by atoms with E-state index >= 15 is 0 Å². The molecule has 0 aromatic heterocycles. The van der Waals surface area contributed by atoms with E-state index in [9.17, 15) is 15.2 Å². The van der Waals surface area contributed by atoms with Crippen LogP contribution in [0.5, 0.6) is 5.75 Å². The molecule has 108 valence electrons. The first-order chi connectivity index (χ1) is 9.05. The molecule has 1 amide bonds. The minimum atomic E-state index is -0.844. The number of benzene rings is 1. The number of aromatic hydroxyl groups is 1. The molecule has 1 aromatic rings. The summed E-state index contributed by atoms with van der Waals surface area (Å²) in [7, 11) is 0. The molecule has 0 radical (unpaired) electrons. The summed E-state index contributed by atoms with van der Waals surface area (Å²) < 4.78 is 5.18. The zero-order chi connectivity index (χ0) is 15.6. The number of nitriles is 1. The maximum atomic E-state index is 11.8. The van der Waals surface area contributed by atoms with Gasteiger partial charge in [-0.25, -0.2) is 4.79 Å². The Labute approximate surface area is 119 Å². The molecule has 5 heteroatoms. The first-order valence-corrected chi connectivity index (χ1v) is 6.30. The number of nitrogens with zero attached hydrogens (tertiary/aromatic N) is 1. The van der Waals surface area contributed by atoms with Gasteiger partial charge in [0.1, 0.15) is 11.4 Å². The highest BCUT2D eigenvalue weighted by Crippen LogP contribution is 2.32. The number of carbonyl (C=O) groups excluding carboxylic acids is 1. The lowest BCUT2D eigenvalue weighted by Gasteiger charge is -2.23. The van der Waals surface area contributed by atoms with E-state index in [0.29, 0.717) is 11.3 Å². The highest BCUT2D eigenvalue weighted by Gasteiger charge is 2.25. The van der Waals surface area contributed by atoms with Crippen LogP contribution in [0.15, 0.2) is 18.2 Å². The molecule has 1 aromatic carbocycles. The van der Waals surface area contributed by atoms with E-state index in [-0.39, 0.29) is 5.75 Å². The Morgan fingerprint density at radius 3 is 2.40 bits per heavy atom. The monoisotopic (exact) mass is 276 g/mol. The number of ether oxygens (including phenoxy) is 1. The number of phenolic OH excluding ortho intramolecular Hbond substituents is 1. The van der Waals surface area contributed by atoms with Crippen molar-refractivity contribution in [3.8, 4) is 11.8 Å². The molecule has 0 bridgehead atoms. The van der Waals surface area contributed by atoms with Crippen molar-refractivity contribution in [2.45, 2.75) is 45.6 Å². The van der Waals surface area contributed by atoms with Crippen LogP contribution < -0.4 is 5.32 Å². The molecule has 0 saturated carbocycles. The topological polar surface area (TPSA) is 82.3 Å². The lowest BCUT2D eigenvalue weighted by Crippen LogP contribution is -2.28. The van der Waals surface area contributed by atoms with Crippen molar-refractivity contribution < 1.29 is 14.6 Å². The Bertz CT molecular complexity index is 551. The molecular formula is C15H20N2O3. The smallest absolute Gasteiger partial charge is 0.412 e. The van der Waals surface area contributed by atoms with Gasteiger partial charge in [0.15, 0.2) is 0 Å². The minimum absolute atomic E-state index is 0.0399. The summed E-state index contributed by atoms with van der Waals surface area (Å²) in [6.07, 6.45) is -0.599. The van der Waals surface area contributed by atoms with E-state index in [2.05, 4.69) is 11.4 Å². The van der Waals surface area contributed by atoms with Gasteiger partial charge < -0.3 is 9.84 Å². The van der Waals surface area contributed by atoms with E-state index in [4.69, 9.17) is 4.74 Å². The van der Waals surface area contributed by atoms with Gasteiger partial charge in [0.05, 0.1) is 11.5 Å². The van der Waals surface area contributed by atoms with Gasteiger partial charge in [-0.1, -0.05) is 0 Å². The van der Waals surface area contributed by atoms with Gasteiger partial charge in [-0.2, -0.15) is 5.26 Å². The van der Waals surface area contributed by atoms with Crippen molar-refractivity contribution in [3.63, 3.8) is 0 Å². The van der Waals surface area contributed by atoms with Gasteiger partial charge in [0.2, 0.25) is 0 Å². The SMILES string of the molecule is CC(C)(C)OC(=O)Nc1ccc(O)cc1C(C)(C)C#N. The molecule has 0 aliphatic rings. The molecule has 0 fully saturated rings. The van der Waals surface area contributed by atoms with E-state index in [1.165, 1.54) is 12.1 Å². The summed E-state index contributed by atoms with van der Waals surface area (Å²) in [5.74, 6) is 0.0399. The molecule has 20 heavy (non-hydrogen) atoms. The lowest BCUT2D eigenvalue weighted by molar-refractivity contribution is 0.0635. The summed E-state index contributed by atoms with van der Waals surface area (Å²) in [4.78, 5) is 11.8. The van der Waals surface area contributed by atoms with Crippen molar-refractivity contribution in [2.75, 3.05) is 5.32 Å². The van der Waals surface area contributed by atoms with Crippen molar-refractivity contribution in [1.82, 2.24) is 0 Å². The van der Waals surface area contributed by atoms with Crippen LogP contribution >= 0.6 is 0 Å². The van der Waals surface area contributed by atoms with E-state index in [1.54, 1.807) is 40.7 Å². The average Bonchev–Trinajstić information content (AvgIpc) is 2.29. The van der Waals surface area contributed by atoms with Crippen LogP contribution in [0.1, 0.15) is 40.2 Å². The molecule has 0 heterocycles. The van der Waals surface area contributed by atoms with Crippen LogP contribution in [-0.2, 0) is 10.2 Å². The standard InChI is InChI=1S/C15H20N2O3/c1-14(2,3)20-13(19)17-12-7-6-10(18)8-11(12)15(4,5)9-16/h6-8,18H,1-5H3,(H,17,19). The number of phenols is 1. The Morgan fingerprint density at radius 2 is 1.90 bits per heavy atom. The quantitative estimate of drug-likeness (QED) is 0.809. The maximum Gasteiger partial charge on any atom is 0.412 e. The molecular weight excluding hydrogens is 256 g/mol. The number of carbonyl (C=O) groups is 1. The molecule has 0 aliphatic heterocycles. The van der Waals surface area contributed by atoms with Gasteiger partial charge in [0, 0.05) is 5.69 Å². The van der Waals surface area contributed by atoms with Crippen LogP contribution in [0.2, 0.25) is 0 Å². The van der Waals surface area contributed by atoms with Gasteiger partial charge in [-0.3, -0.25) is 5.32 Å². The van der Waals surface area contributed by atoms with E-state index < -0.39 is 17.1 Å².